The van der Waals surface area contributed by atoms with E-state index in [1.54, 1.807) is 36.4 Å². The minimum Gasteiger partial charge on any atom is -0.493 e. The standard InChI is InChI=1S/C23H28O6/c1-7-27-18-13-17(22(25)29-23(3,4)5)14-19(28-8-2)20(18)15-9-11-16(12-10-15)21(24)26-6/h9-14H,7-8H2,1-6H3. The van der Waals surface area contributed by atoms with E-state index in [1.807, 2.05) is 34.6 Å². The van der Waals surface area contributed by atoms with Gasteiger partial charge in [0.1, 0.15) is 17.1 Å². The molecular weight excluding hydrogens is 372 g/mol. The van der Waals surface area contributed by atoms with Gasteiger partial charge in [0.05, 0.1) is 37.0 Å². The van der Waals surface area contributed by atoms with Gasteiger partial charge in [-0.2, -0.15) is 0 Å². The predicted octanol–water partition coefficient (Wildman–Crippen LogP) is 4.89. The van der Waals surface area contributed by atoms with Gasteiger partial charge in [-0.15, -0.1) is 0 Å². The van der Waals surface area contributed by atoms with Crippen LogP contribution in [-0.2, 0) is 9.47 Å². The first-order chi connectivity index (χ1) is 13.7. The van der Waals surface area contributed by atoms with Crippen LogP contribution in [0.25, 0.3) is 11.1 Å². The summed E-state index contributed by atoms with van der Waals surface area (Å²) in [5, 5.41) is 0. The van der Waals surface area contributed by atoms with Crippen LogP contribution in [0.2, 0.25) is 0 Å². The number of hydrogen-bond donors (Lipinski definition) is 0. The second-order valence-electron chi connectivity index (χ2n) is 7.28. The summed E-state index contributed by atoms with van der Waals surface area (Å²) < 4.78 is 21.9. The number of hydrogen-bond acceptors (Lipinski definition) is 6. The number of benzene rings is 2. The van der Waals surface area contributed by atoms with Gasteiger partial charge in [0, 0.05) is 0 Å². The van der Waals surface area contributed by atoms with Crippen molar-refractivity contribution in [1.29, 1.82) is 0 Å². The van der Waals surface area contributed by atoms with Crippen molar-refractivity contribution in [2.75, 3.05) is 20.3 Å². The van der Waals surface area contributed by atoms with Crippen molar-refractivity contribution in [3.05, 3.63) is 47.5 Å². The van der Waals surface area contributed by atoms with Crippen molar-refractivity contribution in [3.63, 3.8) is 0 Å². The molecule has 2 aromatic rings. The molecule has 6 nitrogen and oxygen atoms in total. The Morgan fingerprint density at radius 3 is 1.76 bits per heavy atom. The van der Waals surface area contributed by atoms with Crippen LogP contribution < -0.4 is 9.47 Å². The first kappa shape index (κ1) is 22.3. The van der Waals surface area contributed by atoms with E-state index >= 15 is 0 Å². The zero-order valence-corrected chi connectivity index (χ0v) is 17.8. The third-order valence-electron chi connectivity index (χ3n) is 3.89. The van der Waals surface area contributed by atoms with Crippen LogP contribution in [0.5, 0.6) is 11.5 Å². The van der Waals surface area contributed by atoms with E-state index in [9.17, 15) is 9.59 Å². The van der Waals surface area contributed by atoms with Gasteiger partial charge in [0.2, 0.25) is 0 Å². The molecule has 0 bridgehead atoms. The molecule has 6 heteroatoms. The zero-order chi connectivity index (χ0) is 21.6. The molecular formula is C23H28O6. The Morgan fingerprint density at radius 2 is 1.34 bits per heavy atom. The summed E-state index contributed by atoms with van der Waals surface area (Å²) in [6.07, 6.45) is 0. The van der Waals surface area contributed by atoms with Crippen molar-refractivity contribution in [2.24, 2.45) is 0 Å². The van der Waals surface area contributed by atoms with E-state index < -0.39 is 17.5 Å². The Labute approximate surface area is 171 Å². The molecule has 0 aliphatic carbocycles. The molecule has 156 valence electrons. The van der Waals surface area contributed by atoms with E-state index in [-0.39, 0.29) is 0 Å². The Bertz CT molecular complexity index is 835. The third-order valence-corrected chi connectivity index (χ3v) is 3.89. The normalized spacial score (nSPS) is 11.0. The summed E-state index contributed by atoms with van der Waals surface area (Å²) in [5.41, 5.74) is 1.67. The van der Waals surface area contributed by atoms with Gasteiger partial charge in [-0.25, -0.2) is 9.59 Å². The van der Waals surface area contributed by atoms with Crippen LogP contribution in [0.1, 0.15) is 55.3 Å². The molecule has 0 spiro atoms. The van der Waals surface area contributed by atoms with Crippen LogP contribution in [0, 0.1) is 0 Å². The molecule has 0 saturated carbocycles. The van der Waals surface area contributed by atoms with Crippen molar-refractivity contribution < 1.29 is 28.5 Å². The largest absolute Gasteiger partial charge is 0.493 e. The first-order valence-corrected chi connectivity index (χ1v) is 9.55. The Kier molecular flexibility index (Phi) is 7.26. The summed E-state index contributed by atoms with van der Waals surface area (Å²) in [6.45, 7) is 10.0. The number of methoxy groups -OCH3 is 1. The average Bonchev–Trinajstić information content (AvgIpc) is 2.66. The maximum atomic E-state index is 12.6. The van der Waals surface area contributed by atoms with Gasteiger partial charge in [-0.1, -0.05) is 12.1 Å². The van der Waals surface area contributed by atoms with Crippen LogP contribution in [0.15, 0.2) is 36.4 Å². The molecule has 0 aliphatic heterocycles. The molecule has 0 aliphatic rings. The molecule has 0 radical (unpaired) electrons. The van der Waals surface area contributed by atoms with E-state index in [0.29, 0.717) is 41.4 Å². The highest BCUT2D eigenvalue weighted by Gasteiger charge is 2.23. The molecule has 0 fully saturated rings. The molecule has 29 heavy (non-hydrogen) atoms. The fourth-order valence-electron chi connectivity index (χ4n) is 2.76. The zero-order valence-electron chi connectivity index (χ0n) is 17.8. The van der Waals surface area contributed by atoms with Crippen LogP contribution in [0.4, 0.5) is 0 Å². The van der Waals surface area contributed by atoms with Crippen LogP contribution >= 0.6 is 0 Å². The average molecular weight is 400 g/mol. The summed E-state index contributed by atoms with van der Waals surface area (Å²) in [4.78, 5) is 24.3. The SMILES string of the molecule is CCOc1cc(C(=O)OC(C)(C)C)cc(OCC)c1-c1ccc(C(=O)OC)cc1. The number of ether oxygens (including phenoxy) is 4. The van der Waals surface area contributed by atoms with E-state index in [2.05, 4.69) is 0 Å². The maximum absolute atomic E-state index is 12.6. The monoisotopic (exact) mass is 400 g/mol. The van der Waals surface area contributed by atoms with Gasteiger partial charge in [0.15, 0.2) is 0 Å². The highest BCUT2D eigenvalue weighted by atomic mass is 16.6. The number of carbonyl (C=O) groups is 2. The fourth-order valence-corrected chi connectivity index (χ4v) is 2.76. The maximum Gasteiger partial charge on any atom is 0.338 e. The summed E-state index contributed by atoms with van der Waals surface area (Å²) >= 11 is 0. The lowest BCUT2D eigenvalue weighted by atomic mass is 9.99. The topological polar surface area (TPSA) is 71.1 Å². The van der Waals surface area contributed by atoms with Crippen molar-refractivity contribution in [3.8, 4) is 22.6 Å². The molecule has 2 aromatic carbocycles. The van der Waals surface area contributed by atoms with E-state index in [1.165, 1.54) is 7.11 Å². The second kappa shape index (κ2) is 9.45. The van der Waals surface area contributed by atoms with Crippen LogP contribution in [-0.4, -0.2) is 37.9 Å². The Hall–Kier alpha value is -3.02. The molecule has 0 amide bonds. The van der Waals surface area contributed by atoms with Gasteiger partial charge >= 0.3 is 11.9 Å². The predicted molar refractivity (Wildman–Crippen MR) is 111 cm³/mol. The van der Waals surface area contributed by atoms with Gasteiger partial charge in [-0.05, 0) is 64.4 Å². The highest BCUT2D eigenvalue weighted by Crippen LogP contribution is 2.40. The van der Waals surface area contributed by atoms with Crippen LogP contribution in [0.3, 0.4) is 0 Å². The lowest BCUT2D eigenvalue weighted by Crippen LogP contribution is -2.24. The molecule has 0 unspecified atom stereocenters. The van der Waals surface area contributed by atoms with E-state index in [4.69, 9.17) is 18.9 Å². The molecule has 0 saturated heterocycles. The van der Waals surface area contributed by atoms with Gasteiger partial charge in [0.25, 0.3) is 0 Å². The second-order valence-corrected chi connectivity index (χ2v) is 7.28. The molecule has 0 N–H and O–H groups in total. The molecule has 0 atom stereocenters. The van der Waals surface area contributed by atoms with Crippen molar-refractivity contribution in [2.45, 2.75) is 40.2 Å². The first-order valence-electron chi connectivity index (χ1n) is 9.55. The summed E-state index contributed by atoms with van der Waals surface area (Å²) in [7, 11) is 1.34. The fraction of sp³-hybridized carbons (Fsp3) is 0.391. The molecule has 2 rings (SSSR count). The van der Waals surface area contributed by atoms with Gasteiger partial charge in [-0.3, -0.25) is 0 Å². The molecule has 0 aromatic heterocycles. The summed E-state index contributed by atoms with van der Waals surface area (Å²) in [5.74, 6) is 0.147. The minimum atomic E-state index is -0.614. The van der Waals surface area contributed by atoms with E-state index in [0.717, 1.165) is 5.56 Å². The minimum absolute atomic E-state index is 0.349. The Morgan fingerprint density at radius 1 is 0.828 bits per heavy atom. The number of esters is 2. The lowest BCUT2D eigenvalue weighted by Gasteiger charge is -2.21. The quantitative estimate of drug-likeness (QED) is 0.616. The lowest BCUT2D eigenvalue weighted by molar-refractivity contribution is 0.00684. The van der Waals surface area contributed by atoms with Crippen molar-refractivity contribution in [1.82, 2.24) is 0 Å². The van der Waals surface area contributed by atoms with Crippen molar-refractivity contribution >= 4 is 11.9 Å². The number of rotatable bonds is 7. The number of carbonyl (C=O) groups excluding carboxylic acids is 2. The summed E-state index contributed by atoms with van der Waals surface area (Å²) in [6, 6.07) is 10.2. The highest BCUT2D eigenvalue weighted by molar-refractivity contribution is 5.94. The molecule has 0 heterocycles. The third kappa shape index (κ3) is 5.73. The Balaban J connectivity index is 2.57. The smallest absolute Gasteiger partial charge is 0.338 e. The van der Waals surface area contributed by atoms with Gasteiger partial charge < -0.3 is 18.9 Å².